The summed E-state index contributed by atoms with van der Waals surface area (Å²) in [5, 5.41) is 0. The van der Waals surface area contributed by atoms with Gasteiger partial charge in [-0.3, -0.25) is 0 Å². The van der Waals surface area contributed by atoms with E-state index in [2.05, 4.69) is 14.9 Å². The van der Waals surface area contributed by atoms with Gasteiger partial charge in [0, 0.05) is 26.3 Å². The lowest BCUT2D eigenvalue weighted by Crippen LogP contribution is -2.33. The molecule has 0 N–H and O–H groups in total. The van der Waals surface area contributed by atoms with Crippen LogP contribution in [0.25, 0.3) is 0 Å². The highest BCUT2D eigenvalue weighted by Crippen LogP contribution is 2.18. The molecular weight excluding hydrogens is 230 g/mol. The molecule has 0 bridgehead atoms. The van der Waals surface area contributed by atoms with Crippen molar-refractivity contribution in [3.8, 4) is 5.88 Å². The smallest absolute Gasteiger partial charge is 0.218 e. The third kappa shape index (κ3) is 3.57. The average Bonchev–Trinajstić information content (AvgIpc) is 2.40. The molecule has 2 heterocycles. The maximum absolute atomic E-state index is 5.73. The highest BCUT2D eigenvalue weighted by Gasteiger charge is 2.17. The molecule has 0 unspecified atom stereocenters. The van der Waals surface area contributed by atoms with E-state index in [0.717, 1.165) is 25.4 Å². The van der Waals surface area contributed by atoms with Crippen molar-refractivity contribution >= 4 is 5.82 Å². The second-order valence-electron chi connectivity index (χ2n) is 4.52. The summed E-state index contributed by atoms with van der Waals surface area (Å²) >= 11 is 0. The van der Waals surface area contributed by atoms with Gasteiger partial charge in [0.05, 0.1) is 12.7 Å². The first kappa shape index (κ1) is 13.1. The lowest BCUT2D eigenvalue weighted by atomic mass is 10.1. The molecule has 5 heteroatoms. The van der Waals surface area contributed by atoms with Crippen LogP contribution in [-0.2, 0) is 4.74 Å². The number of ether oxygens (including phenoxy) is 2. The van der Waals surface area contributed by atoms with Gasteiger partial charge in [-0.05, 0) is 26.2 Å². The van der Waals surface area contributed by atoms with E-state index in [4.69, 9.17) is 9.47 Å². The van der Waals surface area contributed by atoms with Gasteiger partial charge in [0.25, 0.3) is 0 Å². The van der Waals surface area contributed by atoms with Crippen LogP contribution in [0.15, 0.2) is 12.4 Å². The van der Waals surface area contributed by atoms with Crippen molar-refractivity contribution in [1.29, 1.82) is 0 Å². The van der Waals surface area contributed by atoms with Crippen molar-refractivity contribution < 1.29 is 9.47 Å². The lowest BCUT2D eigenvalue weighted by Gasteiger charge is -2.28. The van der Waals surface area contributed by atoms with E-state index >= 15 is 0 Å². The molecule has 0 radical (unpaired) electrons. The molecule has 0 spiro atoms. The third-order valence-corrected chi connectivity index (χ3v) is 3.06. The van der Waals surface area contributed by atoms with Crippen molar-refractivity contribution in [2.75, 3.05) is 31.7 Å². The Bertz CT molecular complexity index is 367. The second-order valence-corrected chi connectivity index (χ2v) is 4.52. The summed E-state index contributed by atoms with van der Waals surface area (Å²) in [4.78, 5) is 10.4. The van der Waals surface area contributed by atoms with Crippen LogP contribution in [0.1, 0.15) is 26.2 Å². The summed E-state index contributed by atoms with van der Waals surface area (Å²) in [5.41, 5.74) is 0. The first-order chi connectivity index (χ1) is 8.79. The molecule has 0 amide bonds. The largest absolute Gasteiger partial charge is 0.478 e. The minimum Gasteiger partial charge on any atom is -0.478 e. The van der Waals surface area contributed by atoms with Gasteiger partial charge in [0.2, 0.25) is 5.88 Å². The zero-order valence-corrected chi connectivity index (χ0v) is 11.1. The molecule has 1 saturated heterocycles. The van der Waals surface area contributed by atoms with Gasteiger partial charge in [0.1, 0.15) is 12.1 Å². The molecule has 0 aromatic carbocycles. The van der Waals surface area contributed by atoms with Crippen LogP contribution >= 0.6 is 0 Å². The van der Waals surface area contributed by atoms with E-state index < -0.39 is 0 Å². The Hall–Kier alpha value is -1.36. The Balaban J connectivity index is 1.94. The molecule has 1 aliphatic heterocycles. The van der Waals surface area contributed by atoms with Crippen LogP contribution in [0.5, 0.6) is 5.88 Å². The van der Waals surface area contributed by atoms with Crippen molar-refractivity contribution in [3.05, 3.63) is 12.4 Å². The van der Waals surface area contributed by atoms with Crippen LogP contribution in [-0.4, -0.2) is 42.9 Å². The number of anilines is 1. The number of rotatable bonds is 5. The SMILES string of the molecule is CCOc1cc(N(C)C[C@@H]2CCCCO2)ncn1. The minimum absolute atomic E-state index is 0.314. The van der Waals surface area contributed by atoms with Gasteiger partial charge in [-0.15, -0.1) is 0 Å². The molecular formula is C13H21N3O2. The standard InChI is InChI=1S/C13H21N3O2/c1-3-17-13-8-12(14-10-15-13)16(2)9-11-6-4-5-7-18-11/h8,10-11H,3-7,9H2,1-2H3/t11-/m0/s1. The van der Waals surface area contributed by atoms with Crippen LogP contribution in [0, 0.1) is 0 Å². The quantitative estimate of drug-likeness (QED) is 0.799. The van der Waals surface area contributed by atoms with Crippen LogP contribution in [0.2, 0.25) is 0 Å². The Morgan fingerprint density at radius 2 is 2.33 bits per heavy atom. The third-order valence-electron chi connectivity index (χ3n) is 3.06. The zero-order valence-electron chi connectivity index (χ0n) is 11.1. The van der Waals surface area contributed by atoms with Gasteiger partial charge in [-0.2, -0.15) is 0 Å². The first-order valence-corrected chi connectivity index (χ1v) is 6.57. The predicted octanol–water partition coefficient (Wildman–Crippen LogP) is 1.88. The monoisotopic (exact) mass is 251 g/mol. The molecule has 1 aliphatic rings. The maximum atomic E-state index is 5.73. The number of aromatic nitrogens is 2. The molecule has 0 saturated carbocycles. The summed E-state index contributed by atoms with van der Waals surface area (Å²) < 4.78 is 11.1. The van der Waals surface area contributed by atoms with Crippen molar-refractivity contribution in [2.45, 2.75) is 32.3 Å². The van der Waals surface area contributed by atoms with E-state index in [1.165, 1.54) is 12.8 Å². The lowest BCUT2D eigenvalue weighted by molar-refractivity contribution is 0.0215. The summed E-state index contributed by atoms with van der Waals surface area (Å²) in [5.74, 6) is 1.50. The first-order valence-electron chi connectivity index (χ1n) is 6.57. The van der Waals surface area contributed by atoms with Crippen LogP contribution < -0.4 is 9.64 Å². The molecule has 18 heavy (non-hydrogen) atoms. The van der Waals surface area contributed by atoms with Gasteiger partial charge in [-0.25, -0.2) is 9.97 Å². The summed E-state index contributed by atoms with van der Waals surface area (Å²) in [6, 6.07) is 1.87. The number of hydrogen-bond donors (Lipinski definition) is 0. The van der Waals surface area contributed by atoms with E-state index in [0.29, 0.717) is 18.6 Å². The molecule has 0 aliphatic carbocycles. The van der Waals surface area contributed by atoms with E-state index in [-0.39, 0.29) is 0 Å². The maximum Gasteiger partial charge on any atom is 0.218 e. The number of hydrogen-bond acceptors (Lipinski definition) is 5. The summed E-state index contributed by atoms with van der Waals surface area (Å²) in [7, 11) is 2.02. The summed E-state index contributed by atoms with van der Waals surface area (Å²) in [6.07, 6.45) is 5.43. The Morgan fingerprint density at radius 3 is 3.06 bits per heavy atom. The topological polar surface area (TPSA) is 47.5 Å². The Morgan fingerprint density at radius 1 is 1.44 bits per heavy atom. The normalized spacial score (nSPS) is 19.6. The van der Waals surface area contributed by atoms with E-state index in [1.54, 1.807) is 6.33 Å². The average molecular weight is 251 g/mol. The highest BCUT2D eigenvalue weighted by atomic mass is 16.5. The fraction of sp³-hybridized carbons (Fsp3) is 0.692. The number of likely N-dealkylation sites (N-methyl/N-ethyl adjacent to an activating group) is 1. The Labute approximate surface area is 108 Å². The van der Waals surface area contributed by atoms with Crippen LogP contribution in [0.4, 0.5) is 5.82 Å². The Kier molecular flexibility index (Phi) is 4.75. The molecule has 1 aromatic rings. The van der Waals surface area contributed by atoms with Gasteiger partial charge >= 0.3 is 0 Å². The molecule has 100 valence electrons. The molecule has 1 atom stereocenters. The minimum atomic E-state index is 0.314. The second kappa shape index (κ2) is 6.54. The van der Waals surface area contributed by atoms with Crippen molar-refractivity contribution in [3.63, 3.8) is 0 Å². The van der Waals surface area contributed by atoms with Crippen molar-refractivity contribution in [2.24, 2.45) is 0 Å². The van der Waals surface area contributed by atoms with Crippen LogP contribution in [0.3, 0.4) is 0 Å². The molecule has 1 aromatic heterocycles. The number of nitrogens with zero attached hydrogens (tertiary/aromatic N) is 3. The van der Waals surface area contributed by atoms with Gasteiger partial charge < -0.3 is 14.4 Å². The zero-order chi connectivity index (χ0) is 12.8. The van der Waals surface area contributed by atoms with E-state index in [9.17, 15) is 0 Å². The predicted molar refractivity (Wildman–Crippen MR) is 70.1 cm³/mol. The molecule has 5 nitrogen and oxygen atoms in total. The van der Waals surface area contributed by atoms with E-state index in [1.807, 2.05) is 20.0 Å². The fourth-order valence-corrected chi connectivity index (χ4v) is 2.12. The highest BCUT2D eigenvalue weighted by molar-refractivity contribution is 5.39. The van der Waals surface area contributed by atoms with Gasteiger partial charge in [-0.1, -0.05) is 0 Å². The molecule has 1 fully saturated rings. The summed E-state index contributed by atoms with van der Waals surface area (Å²) in [6.45, 7) is 4.31. The van der Waals surface area contributed by atoms with Crippen molar-refractivity contribution in [1.82, 2.24) is 9.97 Å². The molecule has 2 rings (SSSR count). The fourth-order valence-electron chi connectivity index (χ4n) is 2.12. The van der Waals surface area contributed by atoms with Gasteiger partial charge in [0.15, 0.2) is 0 Å².